The molecule has 17 nitrogen and oxygen atoms in total. The van der Waals surface area contributed by atoms with Gasteiger partial charge >= 0.3 is 0 Å². The van der Waals surface area contributed by atoms with Crippen LogP contribution in [0, 0.1) is 0 Å². The lowest BCUT2D eigenvalue weighted by Crippen LogP contribution is -2.70. The van der Waals surface area contributed by atoms with E-state index >= 15 is 0 Å². The van der Waals surface area contributed by atoms with Gasteiger partial charge in [-0.1, -0.05) is 0 Å². The molecule has 1 unspecified atom stereocenters. The summed E-state index contributed by atoms with van der Waals surface area (Å²) in [5.41, 5.74) is 18.2. The molecule has 3 heterocycles. The average Bonchev–Trinajstić information content (AvgIpc) is 2.94. The third-order valence-corrected chi connectivity index (χ3v) is 8.45. The van der Waals surface area contributed by atoms with Crippen LogP contribution in [0.15, 0.2) is 0 Å². The SMILES string of the molecule is NC[C@H]1O[C@H](OC2[C@@H](N)C[C@@H](NC(CO)CO)[C@H](O[C@H]3O[C@H](CO)[C@@H](O)[C@H](N)[C@H]3O)[C@H]2O)[C@H](NC2CNC2)C[C@@H]1O. The van der Waals surface area contributed by atoms with Crippen molar-refractivity contribution in [1.82, 2.24) is 16.0 Å². The predicted molar refractivity (Wildman–Crippen MR) is 141 cm³/mol. The molecule has 17 heteroatoms. The minimum Gasteiger partial charge on any atom is -0.395 e. The highest BCUT2D eigenvalue weighted by Crippen LogP contribution is 2.32. The molecular formula is C24H48N6O11. The summed E-state index contributed by atoms with van der Waals surface area (Å²) in [6, 6.07) is -3.80. The van der Waals surface area contributed by atoms with Crippen molar-refractivity contribution in [1.29, 1.82) is 0 Å². The summed E-state index contributed by atoms with van der Waals surface area (Å²) in [6.07, 6.45) is -11.2. The van der Waals surface area contributed by atoms with Crippen LogP contribution >= 0.6 is 0 Å². The van der Waals surface area contributed by atoms with Crippen LogP contribution in [0.2, 0.25) is 0 Å². The second kappa shape index (κ2) is 14.9. The van der Waals surface area contributed by atoms with Gasteiger partial charge in [-0.2, -0.15) is 0 Å². The van der Waals surface area contributed by atoms with Crippen molar-refractivity contribution in [3.8, 4) is 0 Å². The number of rotatable bonds is 12. The molecule has 1 saturated carbocycles. The molecule has 3 saturated heterocycles. The Kier molecular flexibility index (Phi) is 12.0. The zero-order chi connectivity index (χ0) is 29.8. The van der Waals surface area contributed by atoms with Crippen LogP contribution in [0.3, 0.4) is 0 Å². The number of nitrogens with two attached hydrogens (primary N) is 3. The molecule has 16 N–H and O–H groups in total. The first kappa shape index (κ1) is 33.2. The highest BCUT2D eigenvalue weighted by molar-refractivity contribution is 5.03. The van der Waals surface area contributed by atoms with Gasteiger partial charge in [0.25, 0.3) is 0 Å². The Bertz CT molecular complexity index is 799. The van der Waals surface area contributed by atoms with Gasteiger partial charge in [0.05, 0.1) is 50.2 Å². The second-order valence-electron chi connectivity index (χ2n) is 11.4. The predicted octanol–water partition coefficient (Wildman–Crippen LogP) is -7.71. The monoisotopic (exact) mass is 596 g/mol. The Balaban J connectivity index is 1.54. The lowest BCUT2D eigenvalue weighted by molar-refractivity contribution is -0.317. The Morgan fingerprint density at radius 3 is 2.07 bits per heavy atom. The van der Waals surface area contributed by atoms with E-state index in [1.165, 1.54) is 0 Å². The van der Waals surface area contributed by atoms with E-state index in [0.29, 0.717) is 6.42 Å². The van der Waals surface area contributed by atoms with Gasteiger partial charge in [0.2, 0.25) is 0 Å². The van der Waals surface area contributed by atoms with Gasteiger partial charge in [-0.15, -0.1) is 0 Å². The maximum absolute atomic E-state index is 11.6. The van der Waals surface area contributed by atoms with Gasteiger partial charge in [-0.25, -0.2) is 0 Å². The van der Waals surface area contributed by atoms with Crippen LogP contribution in [0.5, 0.6) is 0 Å². The van der Waals surface area contributed by atoms with Crippen molar-refractivity contribution >= 4 is 0 Å². The van der Waals surface area contributed by atoms with Gasteiger partial charge in [0.15, 0.2) is 12.6 Å². The van der Waals surface area contributed by atoms with Crippen molar-refractivity contribution in [2.75, 3.05) is 39.5 Å². The first-order chi connectivity index (χ1) is 19.6. The van der Waals surface area contributed by atoms with Crippen molar-refractivity contribution in [3.05, 3.63) is 0 Å². The highest BCUT2D eigenvalue weighted by atomic mass is 16.7. The van der Waals surface area contributed by atoms with Gasteiger partial charge in [0, 0.05) is 37.8 Å². The Morgan fingerprint density at radius 2 is 1.49 bits per heavy atom. The van der Waals surface area contributed by atoms with Crippen molar-refractivity contribution < 1.29 is 54.7 Å². The minimum atomic E-state index is -1.51. The summed E-state index contributed by atoms with van der Waals surface area (Å²) in [5, 5.41) is 81.5. The fraction of sp³-hybridized carbons (Fsp3) is 1.00. The number of nitrogens with one attached hydrogen (secondary N) is 3. The number of ether oxygens (including phenoxy) is 4. The highest BCUT2D eigenvalue weighted by Gasteiger charge is 2.51. The van der Waals surface area contributed by atoms with Gasteiger partial charge in [-0.3, -0.25) is 0 Å². The minimum absolute atomic E-state index is 0.0501. The van der Waals surface area contributed by atoms with Crippen molar-refractivity contribution in [2.45, 2.75) is 111 Å². The fourth-order valence-corrected chi connectivity index (χ4v) is 5.84. The molecule has 4 rings (SSSR count). The molecule has 0 radical (unpaired) electrons. The first-order valence-corrected chi connectivity index (χ1v) is 14.2. The van der Waals surface area contributed by atoms with Crippen LogP contribution in [-0.2, 0) is 18.9 Å². The molecule has 14 atom stereocenters. The molecular weight excluding hydrogens is 548 g/mol. The van der Waals surface area contributed by atoms with Crippen LogP contribution in [0.1, 0.15) is 12.8 Å². The van der Waals surface area contributed by atoms with Gasteiger partial charge in [-0.05, 0) is 12.8 Å². The molecule has 0 bridgehead atoms. The Morgan fingerprint density at radius 1 is 0.829 bits per heavy atom. The van der Waals surface area contributed by atoms with E-state index in [4.69, 9.17) is 36.1 Å². The molecule has 3 aliphatic heterocycles. The van der Waals surface area contributed by atoms with Crippen LogP contribution < -0.4 is 33.2 Å². The van der Waals surface area contributed by atoms with Crippen LogP contribution in [-0.4, -0.2) is 173 Å². The first-order valence-electron chi connectivity index (χ1n) is 14.2. The smallest absolute Gasteiger partial charge is 0.186 e. The summed E-state index contributed by atoms with van der Waals surface area (Å²) in [6.45, 7) is 0.0939. The third kappa shape index (κ3) is 7.52. The third-order valence-electron chi connectivity index (χ3n) is 8.45. The number of hydrogen-bond acceptors (Lipinski definition) is 17. The van der Waals surface area contributed by atoms with E-state index in [9.17, 15) is 35.7 Å². The zero-order valence-electron chi connectivity index (χ0n) is 22.9. The fourth-order valence-electron chi connectivity index (χ4n) is 5.84. The van der Waals surface area contributed by atoms with Gasteiger partial charge in [0.1, 0.15) is 36.6 Å². The maximum Gasteiger partial charge on any atom is 0.186 e. The lowest BCUT2D eigenvalue weighted by atomic mass is 9.83. The molecule has 0 aromatic carbocycles. The molecule has 4 aliphatic rings. The number of aliphatic hydroxyl groups is 7. The molecule has 0 spiro atoms. The summed E-state index contributed by atoms with van der Waals surface area (Å²) in [7, 11) is 0. The van der Waals surface area contributed by atoms with Crippen LogP contribution in [0.25, 0.3) is 0 Å². The lowest BCUT2D eigenvalue weighted by Gasteiger charge is -2.49. The molecule has 0 aromatic heterocycles. The quantitative estimate of drug-likeness (QED) is 0.0995. The molecule has 4 fully saturated rings. The van der Waals surface area contributed by atoms with Crippen LogP contribution in [0.4, 0.5) is 0 Å². The van der Waals surface area contributed by atoms with E-state index in [0.717, 1.165) is 13.1 Å². The van der Waals surface area contributed by atoms with E-state index in [1.54, 1.807) is 0 Å². The molecule has 0 aromatic rings. The molecule has 41 heavy (non-hydrogen) atoms. The van der Waals surface area contributed by atoms with E-state index in [2.05, 4.69) is 16.0 Å². The van der Waals surface area contributed by atoms with Crippen molar-refractivity contribution in [2.24, 2.45) is 17.2 Å². The maximum atomic E-state index is 11.6. The van der Waals surface area contributed by atoms with Crippen molar-refractivity contribution in [3.63, 3.8) is 0 Å². The zero-order valence-corrected chi connectivity index (χ0v) is 22.9. The second-order valence-corrected chi connectivity index (χ2v) is 11.4. The van der Waals surface area contributed by atoms with E-state index < -0.39 is 111 Å². The summed E-state index contributed by atoms with van der Waals surface area (Å²) < 4.78 is 23.9. The summed E-state index contributed by atoms with van der Waals surface area (Å²) in [5.74, 6) is 0. The molecule has 0 amide bonds. The summed E-state index contributed by atoms with van der Waals surface area (Å²) in [4.78, 5) is 0. The molecule has 240 valence electrons. The van der Waals surface area contributed by atoms with E-state index in [-0.39, 0.29) is 19.0 Å². The molecule has 1 aliphatic carbocycles. The Hall–Kier alpha value is -0.680. The standard InChI is InChI=1S/C24H48N6O11/c25-3-15-14(34)2-13(29-9-4-28-5-9)23(38-15)40-21-11(26)1-12(30-10(6-31)7-32)22(20(21)37)41-24-19(36)17(27)18(35)16(8-33)39-24/h9-24,28-37H,1-8,25-27H2/t11-,12+,13+,14-,15+,16+,17-,18+,19+,20-,21?,22-,23+,24+/m0/s1. The van der Waals surface area contributed by atoms with Gasteiger partial charge < -0.3 is 87.8 Å². The summed E-state index contributed by atoms with van der Waals surface area (Å²) >= 11 is 0. The van der Waals surface area contributed by atoms with E-state index in [1.807, 2.05) is 0 Å². The normalized spacial score (nSPS) is 46.0. The Labute approximate surface area is 238 Å². The number of aliphatic hydroxyl groups excluding tert-OH is 7. The average molecular weight is 597 g/mol. The largest absolute Gasteiger partial charge is 0.395 e. The number of hydrogen-bond donors (Lipinski definition) is 13. The topological polar surface area (TPSA) is 293 Å².